The molecule has 2 heterocycles. The molecule has 104 valence electrons. The number of fused-ring (bicyclic) bond motifs is 1. The Morgan fingerprint density at radius 3 is 3.05 bits per heavy atom. The molecule has 2 aromatic rings. The van der Waals surface area contributed by atoms with E-state index in [0.717, 1.165) is 29.3 Å². The summed E-state index contributed by atoms with van der Waals surface area (Å²) in [4.78, 5) is 17.7. The topological polar surface area (TPSA) is 45.2 Å². The molecule has 0 saturated heterocycles. The normalized spacial score (nSPS) is 15.0. The number of thiazole rings is 1. The van der Waals surface area contributed by atoms with Crippen LogP contribution < -0.4 is 10.2 Å². The number of carbonyl (C=O) groups excluding carboxylic acids is 1. The van der Waals surface area contributed by atoms with Crippen LogP contribution in [0.5, 0.6) is 0 Å². The number of rotatable bonds is 3. The SMILES string of the molecule is CC(=O)N1CCc2cc(NC(C)c3nccs3)ccc21. The van der Waals surface area contributed by atoms with Crippen LogP contribution in [0.4, 0.5) is 11.4 Å². The lowest BCUT2D eigenvalue weighted by Gasteiger charge is -2.16. The minimum Gasteiger partial charge on any atom is -0.376 e. The molecule has 1 aromatic carbocycles. The predicted octanol–water partition coefficient (Wildman–Crippen LogP) is 3.23. The highest BCUT2D eigenvalue weighted by Gasteiger charge is 2.22. The van der Waals surface area contributed by atoms with Crippen LogP contribution in [0.15, 0.2) is 29.8 Å². The van der Waals surface area contributed by atoms with Crippen molar-refractivity contribution >= 4 is 28.6 Å². The Labute approximate surface area is 122 Å². The molecule has 0 radical (unpaired) electrons. The van der Waals surface area contributed by atoms with Crippen LogP contribution in [-0.4, -0.2) is 17.4 Å². The van der Waals surface area contributed by atoms with Gasteiger partial charge in [0.05, 0.1) is 6.04 Å². The van der Waals surface area contributed by atoms with E-state index in [-0.39, 0.29) is 11.9 Å². The van der Waals surface area contributed by atoms with E-state index in [0.29, 0.717) is 0 Å². The highest BCUT2D eigenvalue weighted by molar-refractivity contribution is 7.09. The van der Waals surface area contributed by atoms with Gasteiger partial charge >= 0.3 is 0 Å². The lowest BCUT2D eigenvalue weighted by molar-refractivity contribution is -0.116. The maximum absolute atomic E-state index is 11.5. The van der Waals surface area contributed by atoms with Crippen LogP contribution in [0.3, 0.4) is 0 Å². The van der Waals surface area contributed by atoms with Crippen molar-refractivity contribution in [3.63, 3.8) is 0 Å². The second kappa shape index (κ2) is 5.25. The van der Waals surface area contributed by atoms with Crippen molar-refractivity contribution in [1.29, 1.82) is 0 Å². The average Bonchev–Trinajstić information content (AvgIpc) is 3.07. The maximum atomic E-state index is 11.5. The molecule has 5 heteroatoms. The predicted molar refractivity (Wildman–Crippen MR) is 82.3 cm³/mol. The first kappa shape index (κ1) is 13.1. The van der Waals surface area contributed by atoms with Gasteiger partial charge in [-0.05, 0) is 37.1 Å². The van der Waals surface area contributed by atoms with E-state index < -0.39 is 0 Å². The lowest BCUT2D eigenvalue weighted by atomic mass is 10.1. The van der Waals surface area contributed by atoms with Crippen molar-refractivity contribution in [3.8, 4) is 0 Å². The van der Waals surface area contributed by atoms with Gasteiger partial charge in [0, 0.05) is 36.4 Å². The zero-order chi connectivity index (χ0) is 14.1. The molecule has 4 nitrogen and oxygen atoms in total. The summed E-state index contributed by atoms with van der Waals surface area (Å²) in [5.41, 5.74) is 3.36. The first-order chi connectivity index (χ1) is 9.65. The quantitative estimate of drug-likeness (QED) is 0.942. The van der Waals surface area contributed by atoms with E-state index in [1.165, 1.54) is 5.56 Å². The van der Waals surface area contributed by atoms with Crippen molar-refractivity contribution in [1.82, 2.24) is 4.98 Å². The summed E-state index contributed by atoms with van der Waals surface area (Å²) in [6, 6.07) is 6.39. The van der Waals surface area contributed by atoms with E-state index in [4.69, 9.17) is 0 Å². The van der Waals surface area contributed by atoms with Crippen molar-refractivity contribution in [2.75, 3.05) is 16.8 Å². The molecule has 0 saturated carbocycles. The molecule has 1 aliphatic rings. The van der Waals surface area contributed by atoms with Crippen LogP contribution >= 0.6 is 11.3 Å². The number of carbonyl (C=O) groups is 1. The van der Waals surface area contributed by atoms with Gasteiger partial charge in [-0.3, -0.25) is 4.79 Å². The standard InChI is InChI=1S/C15H17N3OS/c1-10(15-16-6-8-20-15)17-13-3-4-14-12(9-13)5-7-18(14)11(2)19/h3-4,6,8-10,17H,5,7H2,1-2H3. The molecule has 1 amide bonds. The minimum atomic E-state index is 0.112. The molecule has 1 N–H and O–H groups in total. The monoisotopic (exact) mass is 287 g/mol. The van der Waals surface area contributed by atoms with Gasteiger partial charge in [0.2, 0.25) is 5.91 Å². The summed E-state index contributed by atoms with van der Waals surface area (Å²) >= 11 is 1.65. The molecule has 0 aliphatic carbocycles. The van der Waals surface area contributed by atoms with E-state index in [1.807, 2.05) is 28.6 Å². The fraction of sp³-hybridized carbons (Fsp3) is 0.333. The molecule has 20 heavy (non-hydrogen) atoms. The molecule has 3 rings (SSSR count). The summed E-state index contributed by atoms with van der Waals surface area (Å²) in [7, 11) is 0. The van der Waals surface area contributed by atoms with Crippen LogP contribution in [0, 0.1) is 0 Å². The van der Waals surface area contributed by atoms with Crippen molar-refractivity contribution in [2.45, 2.75) is 26.3 Å². The highest BCUT2D eigenvalue weighted by atomic mass is 32.1. The Bertz CT molecular complexity index is 624. The molecular weight excluding hydrogens is 270 g/mol. The summed E-state index contributed by atoms with van der Waals surface area (Å²) in [6.45, 7) is 4.51. The number of anilines is 2. The molecule has 0 fully saturated rings. The van der Waals surface area contributed by atoms with Crippen LogP contribution in [-0.2, 0) is 11.2 Å². The van der Waals surface area contributed by atoms with Gasteiger partial charge in [0.15, 0.2) is 0 Å². The molecule has 0 spiro atoms. The van der Waals surface area contributed by atoms with Gasteiger partial charge in [-0.25, -0.2) is 4.98 Å². The second-order valence-corrected chi connectivity index (χ2v) is 5.93. The highest BCUT2D eigenvalue weighted by Crippen LogP contribution is 2.31. The fourth-order valence-electron chi connectivity index (χ4n) is 2.58. The largest absolute Gasteiger partial charge is 0.376 e. The maximum Gasteiger partial charge on any atom is 0.223 e. The summed E-state index contributed by atoms with van der Waals surface area (Å²) in [5, 5.41) is 6.53. The number of benzene rings is 1. The zero-order valence-electron chi connectivity index (χ0n) is 11.6. The zero-order valence-corrected chi connectivity index (χ0v) is 12.4. The Kier molecular flexibility index (Phi) is 3.44. The molecule has 1 aliphatic heterocycles. The van der Waals surface area contributed by atoms with Crippen molar-refractivity contribution in [2.24, 2.45) is 0 Å². The number of aromatic nitrogens is 1. The molecule has 1 unspecified atom stereocenters. The van der Waals surface area contributed by atoms with E-state index >= 15 is 0 Å². The lowest BCUT2D eigenvalue weighted by Crippen LogP contribution is -2.25. The van der Waals surface area contributed by atoms with E-state index in [2.05, 4.69) is 23.3 Å². The van der Waals surface area contributed by atoms with Crippen LogP contribution in [0.2, 0.25) is 0 Å². The van der Waals surface area contributed by atoms with Crippen molar-refractivity contribution in [3.05, 3.63) is 40.3 Å². The first-order valence-corrected chi connectivity index (χ1v) is 7.60. The molecule has 1 aromatic heterocycles. The van der Waals surface area contributed by atoms with E-state index in [9.17, 15) is 4.79 Å². The van der Waals surface area contributed by atoms with Gasteiger partial charge in [0.1, 0.15) is 5.01 Å². The summed E-state index contributed by atoms with van der Waals surface area (Å²) in [5.74, 6) is 0.112. The third-order valence-corrected chi connectivity index (χ3v) is 4.52. The molecule has 0 bridgehead atoms. The summed E-state index contributed by atoms with van der Waals surface area (Å²) < 4.78 is 0. The Morgan fingerprint density at radius 2 is 2.35 bits per heavy atom. The Hall–Kier alpha value is -1.88. The smallest absolute Gasteiger partial charge is 0.223 e. The van der Waals surface area contributed by atoms with Gasteiger partial charge in [-0.15, -0.1) is 11.3 Å². The third kappa shape index (κ3) is 2.41. The van der Waals surface area contributed by atoms with E-state index in [1.54, 1.807) is 18.3 Å². The van der Waals surface area contributed by atoms with Gasteiger partial charge in [0.25, 0.3) is 0 Å². The van der Waals surface area contributed by atoms with Crippen LogP contribution in [0.25, 0.3) is 0 Å². The number of hydrogen-bond donors (Lipinski definition) is 1. The van der Waals surface area contributed by atoms with Gasteiger partial charge < -0.3 is 10.2 Å². The summed E-state index contributed by atoms with van der Waals surface area (Å²) in [6.07, 6.45) is 2.75. The van der Waals surface area contributed by atoms with Crippen molar-refractivity contribution < 1.29 is 4.79 Å². The fourth-order valence-corrected chi connectivity index (χ4v) is 3.22. The number of nitrogens with one attached hydrogen (secondary N) is 1. The van der Waals surface area contributed by atoms with Crippen LogP contribution in [0.1, 0.15) is 30.5 Å². The molecule has 1 atom stereocenters. The third-order valence-electron chi connectivity index (χ3n) is 3.56. The minimum absolute atomic E-state index is 0.112. The second-order valence-electron chi connectivity index (χ2n) is 5.00. The number of hydrogen-bond acceptors (Lipinski definition) is 4. The number of nitrogens with zero attached hydrogens (tertiary/aromatic N) is 2. The van der Waals surface area contributed by atoms with Gasteiger partial charge in [-0.1, -0.05) is 0 Å². The Balaban J connectivity index is 1.78. The average molecular weight is 287 g/mol. The van der Waals surface area contributed by atoms with Gasteiger partial charge in [-0.2, -0.15) is 0 Å². The Morgan fingerprint density at radius 1 is 1.50 bits per heavy atom. The first-order valence-electron chi connectivity index (χ1n) is 6.72. The number of amides is 1. The molecular formula is C15H17N3OS.